The van der Waals surface area contributed by atoms with Crippen LogP contribution >= 0.6 is 0 Å². The van der Waals surface area contributed by atoms with Crippen molar-refractivity contribution >= 4 is 32.3 Å². The average Bonchev–Trinajstić information content (AvgIpc) is 3.10. The largest absolute Gasteiger partial charge is 4.00 e. The van der Waals surface area contributed by atoms with E-state index in [2.05, 4.69) is 113 Å². The topological polar surface area (TPSA) is 0 Å². The van der Waals surface area contributed by atoms with Crippen LogP contribution in [0.4, 0.5) is 0 Å². The minimum atomic E-state index is 0. The molecular formula is C31H26Ti. The van der Waals surface area contributed by atoms with Crippen LogP contribution in [0.2, 0.25) is 0 Å². The molecule has 0 spiro atoms. The molecule has 0 nitrogen and oxygen atoms in total. The van der Waals surface area contributed by atoms with Crippen molar-refractivity contribution in [2.75, 3.05) is 0 Å². The van der Waals surface area contributed by atoms with Gasteiger partial charge in [-0.25, -0.2) is 58.7 Å². The van der Waals surface area contributed by atoms with Gasteiger partial charge in [0.15, 0.2) is 0 Å². The Bertz CT molecular complexity index is 1340. The number of fused-ring (bicyclic) bond motifs is 3. The van der Waals surface area contributed by atoms with Crippen LogP contribution in [-0.2, 0) is 21.7 Å². The summed E-state index contributed by atoms with van der Waals surface area (Å²) in [6.45, 7) is 19.5. The third-order valence-electron chi connectivity index (χ3n) is 5.04. The molecule has 0 amide bonds. The molecule has 0 heterocycles. The molecule has 32 heavy (non-hydrogen) atoms. The van der Waals surface area contributed by atoms with Gasteiger partial charge in [0, 0.05) is 0 Å². The first kappa shape index (κ1) is 24.9. The Kier molecular flexibility index (Phi) is 8.85. The van der Waals surface area contributed by atoms with Crippen LogP contribution < -0.4 is 0 Å². The first-order valence-corrected chi connectivity index (χ1v) is 10.1. The molecule has 0 unspecified atom stereocenters. The van der Waals surface area contributed by atoms with E-state index >= 15 is 0 Å². The Balaban J connectivity index is 0.000000320. The predicted octanol–water partition coefficient (Wildman–Crippen LogP) is 9.05. The molecule has 0 radical (unpaired) electrons. The van der Waals surface area contributed by atoms with Crippen LogP contribution in [0.1, 0.15) is 0 Å². The van der Waals surface area contributed by atoms with Crippen molar-refractivity contribution in [1.82, 2.24) is 0 Å². The van der Waals surface area contributed by atoms with Crippen molar-refractivity contribution in [3.63, 3.8) is 0 Å². The monoisotopic (exact) mass is 446 g/mol. The first-order chi connectivity index (χ1) is 15.2. The zero-order valence-electron chi connectivity index (χ0n) is 18.3. The maximum atomic E-state index is 3.47. The van der Waals surface area contributed by atoms with Gasteiger partial charge in [0.25, 0.3) is 0 Å². The predicted molar refractivity (Wildman–Crippen MR) is 140 cm³/mol. The zero-order chi connectivity index (χ0) is 22.4. The fourth-order valence-electron chi connectivity index (χ4n) is 4.15. The molecule has 1 heteroatoms. The van der Waals surface area contributed by atoms with Gasteiger partial charge < -0.3 is 0 Å². The smallest absolute Gasteiger partial charge is 0.245 e. The summed E-state index contributed by atoms with van der Waals surface area (Å²) in [5, 5.41) is 7.98. The Morgan fingerprint density at radius 3 is 1.78 bits per heavy atom. The Morgan fingerprint density at radius 2 is 1.16 bits per heavy atom. The van der Waals surface area contributed by atoms with E-state index in [-0.39, 0.29) is 21.7 Å². The number of benzene rings is 5. The standard InChI is InChI=1S/C22H11.3C3H5.Ti/c1-2-7-17-16(6-1)18-11-10-14-9-8-13-4-3-5-15-12-19(17)22(18)21(14)20(13)15;3*1-3-2;/h1-8,10-12H;3*3H,1-2H2;/q4*-1;+4. The van der Waals surface area contributed by atoms with E-state index in [0.717, 1.165) is 0 Å². The zero-order valence-corrected chi connectivity index (χ0v) is 19.9. The van der Waals surface area contributed by atoms with Crippen LogP contribution in [0.3, 0.4) is 0 Å². The number of rotatable bonds is 0. The molecule has 0 saturated heterocycles. The maximum absolute atomic E-state index is 3.47. The molecule has 154 valence electrons. The van der Waals surface area contributed by atoms with E-state index in [1.54, 1.807) is 0 Å². The van der Waals surface area contributed by atoms with Gasteiger partial charge in [-0.05, 0) is 39.1 Å². The summed E-state index contributed by atoms with van der Waals surface area (Å²) < 4.78 is 0. The van der Waals surface area contributed by atoms with Crippen LogP contribution in [0.15, 0.2) is 105 Å². The van der Waals surface area contributed by atoms with Crippen molar-refractivity contribution in [3.05, 3.63) is 132 Å². The SMILES string of the molecule is C=C[CH2-].C=C[CH2-].C=C[CH2-].[Ti+4].[c-]1cc2cccc3cc4c5c(ccc1c5c23)-c1ccccc1-4. The fourth-order valence-corrected chi connectivity index (χ4v) is 4.15. The maximum Gasteiger partial charge on any atom is 4.00 e. The van der Waals surface area contributed by atoms with Crippen molar-refractivity contribution < 1.29 is 21.7 Å². The molecular weight excluding hydrogens is 420 g/mol. The molecule has 0 fully saturated rings. The summed E-state index contributed by atoms with van der Waals surface area (Å²) in [5.41, 5.74) is 5.45. The quantitative estimate of drug-likeness (QED) is 0.124. The van der Waals surface area contributed by atoms with Gasteiger partial charge in [0.1, 0.15) is 0 Å². The van der Waals surface area contributed by atoms with Crippen LogP contribution in [0.5, 0.6) is 0 Å². The molecule has 1 aliphatic carbocycles. The van der Waals surface area contributed by atoms with E-state index in [0.29, 0.717) is 0 Å². The molecule has 0 N–H and O–H groups in total. The van der Waals surface area contributed by atoms with E-state index < -0.39 is 0 Å². The second-order valence-electron chi connectivity index (χ2n) is 6.98. The van der Waals surface area contributed by atoms with E-state index in [9.17, 15) is 0 Å². The number of hydrogen-bond acceptors (Lipinski definition) is 0. The normalized spacial score (nSPS) is 9.75. The van der Waals surface area contributed by atoms with E-state index in [1.807, 2.05) is 0 Å². The van der Waals surface area contributed by atoms with Crippen molar-refractivity contribution in [3.8, 4) is 22.3 Å². The molecule has 0 atom stereocenters. The molecule has 0 saturated carbocycles. The van der Waals surface area contributed by atoms with Gasteiger partial charge in [-0.2, -0.15) is 0 Å². The van der Waals surface area contributed by atoms with Gasteiger partial charge in [-0.1, -0.05) is 64.7 Å². The summed E-state index contributed by atoms with van der Waals surface area (Å²) >= 11 is 0. The summed E-state index contributed by atoms with van der Waals surface area (Å²) in [6, 6.07) is 27.7. The molecule has 0 aromatic heterocycles. The molecule has 0 bridgehead atoms. The minimum Gasteiger partial charge on any atom is -0.245 e. The fraction of sp³-hybridized carbons (Fsp3) is 0. The minimum absolute atomic E-state index is 0. The van der Waals surface area contributed by atoms with E-state index in [1.165, 1.54) is 72.8 Å². The Labute approximate surface area is 207 Å². The van der Waals surface area contributed by atoms with Crippen LogP contribution in [0.25, 0.3) is 54.6 Å². The van der Waals surface area contributed by atoms with Gasteiger partial charge in [-0.3, -0.25) is 0 Å². The van der Waals surface area contributed by atoms with Crippen molar-refractivity contribution in [2.45, 2.75) is 0 Å². The number of allylic oxidation sites excluding steroid dienone is 3. The summed E-state index contributed by atoms with van der Waals surface area (Å²) in [6.07, 6.45) is 4.50. The Morgan fingerprint density at radius 1 is 0.594 bits per heavy atom. The molecule has 1 aliphatic rings. The molecule has 6 rings (SSSR count). The third-order valence-corrected chi connectivity index (χ3v) is 5.04. The summed E-state index contributed by atoms with van der Waals surface area (Å²) in [5.74, 6) is 0. The van der Waals surface area contributed by atoms with E-state index in [4.69, 9.17) is 0 Å². The van der Waals surface area contributed by atoms with Crippen molar-refractivity contribution in [1.29, 1.82) is 0 Å². The molecule has 5 aromatic rings. The van der Waals surface area contributed by atoms with Gasteiger partial charge in [0.05, 0.1) is 0 Å². The first-order valence-electron chi connectivity index (χ1n) is 10.1. The summed E-state index contributed by atoms with van der Waals surface area (Å²) in [7, 11) is 0. The average molecular weight is 446 g/mol. The molecule has 5 aromatic carbocycles. The van der Waals surface area contributed by atoms with Crippen LogP contribution in [0, 0.1) is 26.8 Å². The van der Waals surface area contributed by atoms with Crippen molar-refractivity contribution in [2.24, 2.45) is 0 Å². The molecule has 0 aliphatic heterocycles. The van der Waals surface area contributed by atoms with Gasteiger partial charge in [-0.15, -0.1) is 23.6 Å². The Hall–Kier alpha value is -3.32. The second kappa shape index (κ2) is 11.3. The summed E-state index contributed by atoms with van der Waals surface area (Å²) in [4.78, 5) is 0. The second-order valence-corrected chi connectivity index (χ2v) is 6.98. The van der Waals surface area contributed by atoms with Crippen LogP contribution in [-0.4, -0.2) is 0 Å². The van der Waals surface area contributed by atoms with Gasteiger partial charge in [0.2, 0.25) is 0 Å². The third kappa shape index (κ3) is 4.34. The number of hydrogen-bond donors (Lipinski definition) is 0. The van der Waals surface area contributed by atoms with Gasteiger partial charge >= 0.3 is 21.7 Å².